The Morgan fingerprint density at radius 3 is 1.62 bits per heavy atom. The van der Waals surface area contributed by atoms with Gasteiger partial charge in [-0.1, -0.05) is 170 Å². The van der Waals surface area contributed by atoms with Gasteiger partial charge in [0.2, 0.25) is 0 Å². The molecule has 3 nitrogen and oxygen atoms in total. The number of thiophene rings is 1. The summed E-state index contributed by atoms with van der Waals surface area (Å²) in [6.07, 6.45) is 6.78. The molecule has 314 valence electrons. The first kappa shape index (κ1) is 37.2. The SMILES string of the molecule is c1ccc(-c2nc(-c3ccc4c(c3)C(c3ccccc3)(c3ccccc3)c3ccccc3-4)nc(-c3ccc4c(c3)C3(c5ccc6c(sc7ccccc76)c5-4)C4CC5CC(C4)CC3C5)n2)cc1. The van der Waals surface area contributed by atoms with Crippen molar-refractivity contribution < 1.29 is 0 Å². The molecule has 6 aliphatic carbocycles. The van der Waals surface area contributed by atoms with Crippen LogP contribution in [0.4, 0.5) is 0 Å². The fourth-order valence-corrected chi connectivity index (χ4v) is 15.8. The lowest BCUT2D eigenvalue weighted by atomic mass is 9.43. The molecule has 8 aromatic carbocycles. The molecule has 0 amide bonds. The molecule has 1 spiro atoms. The highest BCUT2D eigenvalue weighted by atomic mass is 32.1. The van der Waals surface area contributed by atoms with Gasteiger partial charge < -0.3 is 0 Å². The van der Waals surface area contributed by atoms with Crippen LogP contribution >= 0.6 is 11.3 Å². The summed E-state index contributed by atoms with van der Waals surface area (Å²) in [7, 11) is 0. The third-order valence-corrected chi connectivity index (χ3v) is 18.0. The van der Waals surface area contributed by atoms with Crippen molar-refractivity contribution >= 4 is 31.5 Å². The van der Waals surface area contributed by atoms with Crippen LogP contribution in [-0.4, -0.2) is 15.0 Å². The predicted molar refractivity (Wildman–Crippen MR) is 270 cm³/mol. The van der Waals surface area contributed by atoms with Crippen LogP contribution in [0.25, 0.3) is 76.6 Å². The number of aromatic nitrogens is 3. The minimum Gasteiger partial charge on any atom is -0.208 e. The van der Waals surface area contributed by atoms with Crippen LogP contribution in [-0.2, 0) is 10.8 Å². The van der Waals surface area contributed by atoms with Crippen LogP contribution in [0.2, 0.25) is 0 Å². The number of hydrogen-bond donors (Lipinski definition) is 0. The molecule has 66 heavy (non-hydrogen) atoms. The van der Waals surface area contributed by atoms with Gasteiger partial charge in [-0.2, -0.15) is 0 Å². The third kappa shape index (κ3) is 4.95. The summed E-state index contributed by atoms with van der Waals surface area (Å²) in [4.78, 5) is 16.3. The number of nitrogens with zero attached hydrogens (tertiary/aromatic N) is 3. The van der Waals surface area contributed by atoms with Crippen molar-refractivity contribution in [3.05, 3.63) is 221 Å². The second-order valence-electron chi connectivity index (χ2n) is 19.9. The minimum absolute atomic E-state index is 0.00375. The van der Waals surface area contributed by atoms with Crippen LogP contribution in [0.5, 0.6) is 0 Å². The van der Waals surface area contributed by atoms with Crippen molar-refractivity contribution in [3.8, 4) is 56.4 Å². The molecule has 2 heterocycles. The maximum atomic E-state index is 5.53. The van der Waals surface area contributed by atoms with E-state index in [1.807, 2.05) is 11.3 Å². The van der Waals surface area contributed by atoms with Crippen molar-refractivity contribution in [1.82, 2.24) is 15.0 Å². The van der Waals surface area contributed by atoms with Crippen molar-refractivity contribution in [2.75, 3.05) is 0 Å². The molecular weight excluding hydrogens is 819 g/mol. The number of rotatable bonds is 5. The van der Waals surface area contributed by atoms with Gasteiger partial charge in [-0.05, 0) is 124 Å². The van der Waals surface area contributed by atoms with Crippen molar-refractivity contribution in [2.45, 2.75) is 42.9 Å². The molecule has 2 aromatic heterocycles. The third-order valence-electron chi connectivity index (χ3n) is 16.8. The summed E-state index contributed by atoms with van der Waals surface area (Å²) in [5, 5.41) is 2.76. The van der Waals surface area contributed by atoms with Gasteiger partial charge in [-0.15, -0.1) is 11.3 Å². The number of benzene rings is 8. The Kier molecular flexibility index (Phi) is 7.76. The van der Waals surface area contributed by atoms with E-state index in [4.69, 9.17) is 15.0 Å². The van der Waals surface area contributed by atoms with Gasteiger partial charge in [0, 0.05) is 47.8 Å². The zero-order chi connectivity index (χ0) is 43.1. The molecular formula is C62H45N3S. The molecule has 16 rings (SSSR count). The number of hydrogen-bond acceptors (Lipinski definition) is 4. The first-order valence-corrected chi connectivity index (χ1v) is 24.7. The van der Waals surface area contributed by atoms with E-state index in [0.717, 1.165) is 34.4 Å². The second-order valence-corrected chi connectivity index (χ2v) is 20.9. The summed E-state index contributed by atoms with van der Waals surface area (Å²) in [6.45, 7) is 0. The van der Waals surface area contributed by atoms with E-state index in [2.05, 4.69) is 188 Å². The Bertz CT molecular complexity index is 3540. The van der Waals surface area contributed by atoms with Crippen LogP contribution in [0.1, 0.15) is 65.5 Å². The van der Waals surface area contributed by atoms with Crippen molar-refractivity contribution in [3.63, 3.8) is 0 Å². The van der Waals surface area contributed by atoms with Crippen molar-refractivity contribution in [2.24, 2.45) is 23.7 Å². The molecule has 0 N–H and O–H groups in total. The van der Waals surface area contributed by atoms with Gasteiger partial charge in [0.25, 0.3) is 0 Å². The van der Waals surface area contributed by atoms with E-state index < -0.39 is 5.41 Å². The molecule has 6 aliphatic rings. The van der Waals surface area contributed by atoms with Gasteiger partial charge in [0.15, 0.2) is 17.5 Å². The number of fused-ring (bicyclic) bond motifs is 10. The highest BCUT2D eigenvalue weighted by Gasteiger charge is 2.62. The maximum Gasteiger partial charge on any atom is 0.164 e. The smallest absolute Gasteiger partial charge is 0.164 e. The molecule has 4 heteroatoms. The monoisotopic (exact) mass is 863 g/mol. The maximum absolute atomic E-state index is 5.53. The first-order chi connectivity index (χ1) is 32.7. The zero-order valence-electron chi connectivity index (χ0n) is 36.5. The normalized spacial score (nSPS) is 22.4. The molecule has 0 radical (unpaired) electrons. The van der Waals surface area contributed by atoms with Crippen LogP contribution in [0.3, 0.4) is 0 Å². The Balaban J connectivity index is 0.951. The molecule has 0 saturated heterocycles. The fourth-order valence-electron chi connectivity index (χ4n) is 14.5. The Morgan fingerprint density at radius 2 is 0.939 bits per heavy atom. The molecule has 0 aliphatic heterocycles. The molecule has 4 bridgehead atoms. The van der Waals surface area contributed by atoms with Gasteiger partial charge in [-0.3, -0.25) is 0 Å². The lowest BCUT2D eigenvalue weighted by molar-refractivity contribution is -0.0399. The molecule has 0 unspecified atom stereocenters. The molecule has 0 atom stereocenters. The first-order valence-electron chi connectivity index (χ1n) is 23.9. The lowest BCUT2D eigenvalue weighted by Crippen LogP contribution is -2.55. The molecule has 4 fully saturated rings. The standard InChI is InChI=1S/C62H45N3S/c1-4-14-39(15-5-1)58-63-59(40-24-26-47-46-20-10-12-22-51(46)61(53(47)35-40,42-16-6-2-7-17-42)43-18-8-3-9-19-43)65-60(64-58)41-25-27-50-54(36-41)62(44-31-37-30-38(33-44)34-45(62)32-37)52-29-28-49-48-21-11-13-23-55(48)66-57(49)56(50)52/h1-29,35-38,44-45H,30-34H2. The van der Waals surface area contributed by atoms with E-state index in [9.17, 15) is 0 Å². The van der Waals surface area contributed by atoms with E-state index >= 15 is 0 Å². The van der Waals surface area contributed by atoms with E-state index in [-0.39, 0.29) is 5.41 Å². The van der Waals surface area contributed by atoms with E-state index in [0.29, 0.717) is 23.5 Å². The lowest BCUT2D eigenvalue weighted by Gasteiger charge is -2.61. The predicted octanol–water partition coefficient (Wildman–Crippen LogP) is 15.3. The van der Waals surface area contributed by atoms with Gasteiger partial charge >= 0.3 is 0 Å². The van der Waals surface area contributed by atoms with E-state index in [1.165, 1.54) is 102 Å². The molecule has 10 aromatic rings. The average molecular weight is 864 g/mol. The van der Waals surface area contributed by atoms with Crippen molar-refractivity contribution in [1.29, 1.82) is 0 Å². The Morgan fingerprint density at radius 1 is 0.394 bits per heavy atom. The zero-order valence-corrected chi connectivity index (χ0v) is 37.3. The van der Waals surface area contributed by atoms with E-state index in [1.54, 1.807) is 5.56 Å². The van der Waals surface area contributed by atoms with Gasteiger partial charge in [0.05, 0.1) is 5.41 Å². The largest absolute Gasteiger partial charge is 0.208 e. The summed E-state index contributed by atoms with van der Waals surface area (Å²) in [5.41, 5.74) is 16.1. The van der Waals surface area contributed by atoms with Gasteiger partial charge in [0.1, 0.15) is 0 Å². The van der Waals surface area contributed by atoms with Gasteiger partial charge in [-0.25, -0.2) is 15.0 Å². The summed E-state index contributed by atoms with van der Waals surface area (Å²) >= 11 is 1.98. The van der Waals surface area contributed by atoms with Crippen LogP contribution < -0.4 is 0 Å². The average Bonchev–Trinajstić information content (AvgIpc) is 4.01. The quantitative estimate of drug-likeness (QED) is 0.173. The summed E-state index contributed by atoms with van der Waals surface area (Å²) in [5.74, 6) is 5.13. The van der Waals surface area contributed by atoms with Crippen LogP contribution in [0, 0.1) is 23.7 Å². The summed E-state index contributed by atoms with van der Waals surface area (Å²) in [6, 6.07) is 69.7. The second kappa shape index (κ2) is 13.8. The highest BCUT2D eigenvalue weighted by Crippen LogP contribution is 2.70. The fraction of sp³-hybridized carbons (Fsp3) is 0.177. The minimum atomic E-state index is -0.523. The summed E-state index contributed by atoms with van der Waals surface area (Å²) < 4.78 is 2.82. The Hall–Kier alpha value is -7.01. The Labute approximate surface area is 388 Å². The molecule has 4 saturated carbocycles. The van der Waals surface area contributed by atoms with Crippen LogP contribution in [0.15, 0.2) is 188 Å². The topological polar surface area (TPSA) is 38.7 Å². The highest BCUT2D eigenvalue weighted by molar-refractivity contribution is 7.26.